The Bertz CT molecular complexity index is 456. The topological polar surface area (TPSA) is 32.8 Å². The van der Waals surface area contributed by atoms with Crippen LogP contribution in [0.2, 0.25) is 0 Å². The molecule has 1 aliphatic rings. The molecule has 0 atom stereocenters. The molecule has 2 rings (SSSR count). The average Bonchev–Trinajstić information content (AvgIpc) is 2.56. The fourth-order valence-corrected chi connectivity index (χ4v) is 3.19. The second kappa shape index (κ2) is 9.68. The molecule has 4 nitrogen and oxygen atoms in total. The molecule has 1 heterocycles. The van der Waals surface area contributed by atoms with Gasteiger partial charge >= 0.3 is 5.97 Å². The van der Waals surface area contributed by atoms with Gasteiger partial charge in [-0.3, -0.25) is 4.79 Å². The van der Waals surface area contributed by atoms with Gasteiger partial charge in [0.2, 0.25) is 0 Å². The highest BCUT2D eigenvalue weighted by Crippen LogP contribution is 2.18. The van der Waals surface area contributed by atoms with Gasteiger partial charge in [0.15, 0.2) is 0 Å². The molecule has 0 spiro atoms. The smallest absolute Gasteiger partial charge is 0.309 e. The first kappa shape index (κ1) is 18.0. The first-order valence-electron chi connectivity index (χ1n) is 8.80. The lowest BCUT2D eigenvalue weighted by Crippen LogP contribution is -2.38. The summed E-state index contributed by atoms with van der Waals surface area (Å²) in [6, 6.07) is 10.6. The predicted molar refractivity (Wildman–Crippen MR) is 93.2 cm³/mol. The maximum Gasteiger partial charge on any atom is 0.309 e. The summed E-state index contributed by atoms with van der Waals surface area (Å²) < 4.78 is 5.12. The number of piperidine rings is 1. The zero-order chi connectivity index (χ0) is 16.5. The standard InChI is InChI=1S/C19H30N2O2/c1-3-23-19(22)18-10-14-21(15-11-18)13-7-12-20(2)16-17-8-5-4-6-9-17/h4-6,8-9,18H,3,7,10-16H2,1-2H3. The van der Waals surface area contributed by atoms with Gasteiger partial charge in [-0.2, -0.15) is 0 Å². The Morgan fingerprint density at radius 2 is 1.96 bits per heavy atom. The normalized spacial score (nSPS) is 16.7. The van der Waals surface area contributed by atoms with Crippen LogP contribution in [0.1, 0.15) is 31.7 Å². The number of hydrogen-bond donors (Lipinski definition) is 0. The molecule has 0 N–H and O–H groups in total. The van der Waals surface area contributed by atoms with Gasteiger partial charge < -0.3 is 14.5 Å². The van der Waals surface area contributed by atoms with Crippen molar-refractivity contribution in [1.29, 1.82) is 0 Å². The number of esters is 1. The fourth-order valence-electron chi connectivity index (χ4n) is 3.19. The highest BCUT2D eigenvalue weighted by atomic mass is 16.5. The van der Waals surface area contributed by atoms with Crippen molar-refractivity contribution in [3.05, 3.63) is 35.9 Å². The van der Waals surface area contributed by atoms with Gasteiger partial charge in [-0.25, -0.2) is 0 Å². The molecule has 128 valence electrons. The van der Waals surface area contributed by atoms with E-state index in [2.05, 4.69) is 47.2 Å². The van der Waals surface area contributed by atoms with E-state index < -0.39 is 0 Å². The Morgan fingerprint density at radius 3 is 2.61 bits per heavy atom. The van der Waals surface area contributed by atoms with Crippen LogP contribution in [0.3, 0.4) is 0 Å². The number of rotatable bonds is 8. The van der Waals surface area contributed by atoms with E-state index in [0.717, 1.165) is 45.6 Å². The molecule has 1 aromatic rings. The van der Waals surface area contributed by atoms with Crippen LogP contribution in [0.5, 0.6) is 0 Å². The van der Waals surface area contributed by atoms with Crippen molar-refractivity contribution >= 4 is 5.97 Å². The lowest BCUT2D eigenvalue weighted by molar-refractivity contribution is -0.149. The van der Waals surface area contributed by atoms with E-state index in [-0.39, 0.29) is 11.9 Å². The molecule has 1 aromatic carbocycles. The Hall–Kier alpha value is -1.39. The Balaban J connectivity index is 1.59. The second-order valence-corrected chi connectivity index (χ2v) is 6.44. The van der Waals surface area contributed by atoms with Crippen molar-refractivity contribution in [2.24, 2.45) is 5.92 Å². The molecule has 0 radical (unpaired) electrons. The zero-order valence-corrected chi connectivity index (χ0v) is 14.5. The molecule has 1 fully saturated rings. The third kappa shape index (κ3) is 6.32. The van der Waals surface area contributed by atoms with Crippen molar-refractivity contribution < 1.29 is 9.53 Å². The van der Waals surface area contributed by atoms with Crippen LogP contribution in [-0.2, 0) is 16.1 Å². The van der Waals surface area contributed by atoms with E-state index in [1.165, 1.54) is 12.0 Å². The highest BCUT2D eigenvalue weighted by molar-refractivity contribution is 5.72. The molecule has 0 unspecified atom stereocenters. The van der Waals surface area contributed by atoms with Gasteiger partial charge in [0, 0.05) is 6.54 Å². The summed E-state index contributed by atoms with van der Waals surface area (Å²) in [5, 5.41) is 0. The lowest BCUT2D eigenvalue weighted by atomic mass is 9.97. The van der Waals surface area contributed by atoms with E-state index in [4.69, 9.17) is 4.74 Å². The van der Waals surface area contributed by atoms with Crippen molar-refractivity contribution in [3.8, 4) is 0 Å². The van der Waals surface area contributed by atoms with Crippen molar-refractivity contribution in [2.75, 3.05) is 39.8 Å². The number of nitrogens with zero attached hydrogens (tertiary/aromatic N) is 2. The quantitative estimate of drug-likeness (QED) is 0.690. The molecule has 1 saturated heterocycles. The van der Waals surface area contributed by atoms with Gasteiger partial charge in [-0.1, -0.05) is 30.3 Å². The molecule has 0 aromatic heterocycles. The minimum atomic E-state index is -0.00487. The van der Waals surface area contributed by atoms with Crippen LogP contribution in [-0.4, -0.2) is 55.6 Å². The van der Waals surface area contributed by atoms with E-state index >= 15 is 0 Å². The van der Waals surface area contributed by atoms with E-state index in [1.807, 2.05) is 6.92 Å². The van der Waals surface area contributed by atoms with Crippen LogP contribution in [0.25, 0.3) is 0 Å². The van der Waals surface area contributed by atoms with E-state index in [9.17, 15) is 4.79 Å². The largest absolute Gasteiger partial charge is 0.466 e. The maximum atomic E-state index is 11.7. The van der Waals surface area contributed by atoms with Gasteiger partial charge in [0.25, 0.3) is 0 Å². The molecule has 0 aliphatic carbocycles. The molecular weight excluding hydrogens is 288 g/mol. The summed E-state index contributed by atoms with van der Waals surface area (Å²) in [5.74, 6) is 0.113. The molecule has 0 amide bonds. The molecular formula is C19H30N2O2. The van der Waals surface area contributed by atoms with Crippen LogP contribution < -0.4 is 0 Å². The number of likely N-dealkylation sites (tertiary alicyclic amines) is 1. The highest BCUT2D eigenvalue weighted by Gasteiger charge is 2.25. The van der Waals surface area contributed by atoms with Gasteiger partial charge in [-0.05, 0) is 65.0 Å². The third-order valence-corrected chi connectivity index (χ3v) is 4.52. The first-order valence-corrected chi connectivity index (χ1v) is 8.80. The SMILES string of the molecule is CCOC(=O)C1CCN(CCCN(C)Cc2ccccc2)CC1. The van der Waals surface area contributed by atoms with Crippen molar-refractivity contribution in [3.63, 3.8) is 0 Å². The van der Waals surface area contributed by atoms with E-state index in [0.29, 0.717) is 6.61 Å². The minimum absolute atomic E-state index is 0.00487. The predicted octanol–water partition coefficient (Wildman–Crippen LogP) is 2.78. The van der Waals surface area contributed by atoms with Gasteiger partial charge in [0.1, 0.15) is 0 Å². The van der Waals surface area contributed by atoms with Gasteiger partial charge in [-0.15, -0.1) is 0 Å². The Morgan fingerprint density at radius 1 is 1.26 bits per heavy atom. The van der Waals surface area contributed by atoms with E-state index in [1.54, 1.807) is 0 Å². The third-order valence-electron chi connectivity index (χ3n) is 4.52. The first-order chi connectivity index (χ1) is 11.2. The van der Waals surface area contributed by atoms with Crippen LogP contribution in [0.4, 0.5) is 0 Å². The van der Waals surface area contributed by atoms with Gasteiger partial charge in [0.05, 0.1) is 12.5 Å². The number of carbonyl (C=O) groups excluding carboxylic acids is 1. The Labute approximate surface area is 140 Å². The second-order valence-electron chi connectivity index (χ2n) is 6.44. The average molecular weight is 318 g/mol. The molecule has 23 heavy (non-hydrogen) atoms. The van der Waals surface area contributed by atoms with Crippen LogP contribution in [0, 0.1) is 5.92 Å². The molecule has 1 aliphatic heterocycles. The molecule has 0 saturated carbocycles. The number of benzene rings is 1. The maximum absolute atomic E-state index is 11.7. The van der Waals surface area contributed by atoms with Crippen molar-refractivity contribution in [2.45, 2.75) is 32.7 Å². The van der Waals surface area contributed by atoms with Crippen LogP contribution in [0.15, 0.2) is 30.3 Å². The number of hydrogen-bond acceptors (Lipinski definition) is 4. The summed E-state index contributed by atoms with van der Waals surface area (Å²) in [5.41, 5.74) is 1.37. The zero-order valence-electron chi connectivity index (χ0n) is 14.5. The van der Waals surface area contributed by atoms with Crippen LogP contribution >= 0.6 is 0 Å². The summed E-state index contributed by atoms with van der Waals surface area (Å²) in [7, 11) is 2.18. The fraction of sp³-hybridized carbons (Fsp3) is 0.632. The summed E-state index contributed by atoms with van der Waals surface area (Å²) in [6.07, 6.45) is 3.06. The lowest BCUT2D eigenvalue weighted by Gasteiger charge is -2.31. The summed E-state index contributed by atoms with van der Waals surface area (Å²) in [4.78, 5) is 16.6. The monoisotopic (exact) mass is 318 g/mol. The summed E-state index contributed by atoms with van der Waals surface area (Å²) in [6.45, 7) is 7.64. The Kier molecular flexibility index (Phi) is 7.56. The molecule has 4 heteroatoms. The minimum Gasteiger partial charge on any atom is -0.466 e. The number of carbonyl (C=O) groups is 1. The summed E-state index contributed by atoms with van der Waals surface area (Å²) >= 11 is 0. The molecule has 0 bridgehead atoms. The number of ether oxygens (including phenoxy) is 1. The van der Waals surface area contributed by atoms with Crippen molar-refractivity contribution in [1.82, 2.24) is 9.80 Å².